The number of thioether (sulfide) groups is 1. The van der Waals surface area contributed by atoms with Crippen molar-refractivity contribution < 1.29 is 19.1 Å². The van der Waals surface area contributed by atoms with E-state index in [4.69, 9.17) is 9.47 Å². The van der Waals surface area contributed by atoms with Crippen LogP contribution in [0.2, 0.25) is 0 Å². The Kier molecular flexibility index (Phi) is 5.81. The molecule has 3 rings (SSSR count). The molecule has 0 radical (unpaired) electrons. The minimum atomic E-state index is -0.522. The molecular formula is C19H21NO4S. The lowest BCUT2D eigenvalue weighted by molar-refractivity contribution is -0.154. The third-order valence-electron chi connectivity index (χ3n) is 4.09. The van der Waals surface area contributed by atoms with E-state index in [-0.39, 0.29) is 18.5 Å². The van der Waals surface area contributed by atoms with E-state index in [9.17, 15) is 9.59 Å². The quantitative estimate of drug-likeness (QED) is 0.769. The third-order valence-corrected chi connectivity index (χ3v) is 5.11. The van der Waals surface area contributed by atoms with E-state index in [1.165, 1.54) is 0 Å². The van der Waals surface area contributed by atoms with Crippen molar-refractivity contribution in [2.24, 2.45) is 0 Å². The van der Waals surface area contributed by atoms with Gasteiger partial charge in [0.1, 0.15) is 11.8 Å². The Morgan fingerprint density at radius 3 is 2.80 bits per heavy atom. The summed E-state index contributed by atoms with van der Waals surface area (Å²) in [4.78, 5) is 26.2. The number of amides is 1. The molecule has 0 spiro atoms. The first-order valence-corrected chi connectivity index (χ1v) is 9.50. The van der Waals surface area contributed by atoms with E-state index < -0.39 is 6.04 Å². The van der Waals surface area contributed by atoms with Gasteiger partial charge in [-0.1, -0.05) is 30.3 Å². The Labute approximate surface area is 151 Å². The van der Waals surface area contributed by atoms with Gasteiger partial charge in [0.15, 0.2) is 6.61 Å². The summed E-state index contributed by atoms with van der Waals surface area (Å²) in [5, 5.41) is 2.18. The summed E-state index contributed by atoms with van der Waals surface area (Å²) in [7, 11) is 0. The highest BCUT2D eigenvalue weighted by Gasteiger charge is 2.33. The minimum Gasteiger partial charge on any atom is -0.484 e. The number of fused-ring (bicyclic) bond motifs is 1. The summed E-state index contributed by atoms with van der Waals surface area (Å²) in [5.74, 6) is 1.50. The van der Waals surface area contributed by atoms with Crippen LogP contribution in [0.5, 0.6) is 5.75 Å². The lowest BCUT2D eigenvalue weighted by Crippen LogP contribution is -2.52. The largest absolute Gasteiger partial charge is 0.484 e. The maximum Gasteiger partial charge on any atom is 0.329 e. The number of nitrogens with zero attached hydrogens (tertiary/aromatic N) is 1. The molecule has 0 saturated carbocycles. The van der Waals surface area contributed by atoms with Gasteiger partial charge >= 0.3 is 5.97 Å². The fourth-order valence-corrected chi connectivity index (χ4v) is 3.85. The van der Waals surface area contributed by atoms with E-state index in [0.29, 0.717) is 24.7 Å². The van der Waals surface area contributed by atoms with Crippen molar-refractivity contribution in [1.29, 1.82) is 0 Å². The van der Waals surface area contributed by atoms with Crippen LogP contribution in [-0.4, -0.2) is 54.1 Å². The Hall–Kier alpha value is -2.21. The maximum atomic E-state index is 12.5. The van der Waals surface area contributed by atoms with Crippen molar-refractivity contribution in [3.05, 3.63) is 42.5 Å². The first-order chi connectivity index (χ1) is 12.2. The van der Waals surface area contributed by atoms with E-state index in [1.54, 1.807) is 23.6 Å². The van der Waals surface area contributed by atoms with Gasteiger partial charge in [0.2, 0.25) is 0 Å². The molecule has 1 aliphatic rings. The molecule has 2 aromatic rings. The second-order valence-electron chi connectivity index (χ2n) is 5.73. The van der Waals surface area contributed by atoms with Gasteiger partial charge in [-0.05, 0) is 29.8 Å². The number of carbonyl (C=O) groups is 2. The molecular weight excluding hydrogens is 338 g/mol. The zero-order valence-electron chi connectivity index (χ0n) is 14.1. The Balaban J connectivity index is 1.64. The Morgan fingerprint density at radius 2 is 2.00 bits per heavy atom. The van der Waals surface area contributed by atoms with Crippen molar-refractivity contribution in [2.75, 3.05) is 31.3 Å². The number of benzene rings is 2. The highest BCUT2D eigenvalue weighted by Crippen LogP contribution is 2.21. The molecule has 132 valence electrons. The number of esters is 1. The Bertz CT molecular complexity index is 764. The van der Waals surface area contributed by atoms with Crippen LogP contribution in [0.25, 0.3) is 10.8 Å². The molecule has 5 nitrogen and oxygen atoms in total. The molecule has 0 N–H and O–H groups in total. The lowest BCUT2D eigenvalue weighted by atomic mass is 10.1. The molecule has 6 heteroatoms. The van der Waals surface area contributed by atoms with Crippen molar-refractivity contribution >= 4 is 34.4 Å². The number of hydrogen-bond donors (Lipinski definition) is 0. The maximum absolute atomic E-state index is 12.5. The van der Waals surface area contributed by atoms with Gasteiger partial charge in [-0.3, -0.25) is 4.79 Å². The molecule has 25 heavy (non-hydrogen) atoms. The molecule has 1 amide bonds. The van der Waals surface area contributed by atoms with Gasteiger partial charge in [0.25, 0.3) is 5.91 Å². The standard InChI is InChI=1S/C19H21NO4S/c1-2-23-19(22)17-13-25-10-9-20(17)18(21)12-24-16-8-7-14-5-3-4-6-15(14)11-16/h3-8,11,17H,2,9-10,12-13H2,1H3. The van der Waals surface area contributed by atoms with Crippen LogP contribution in [0.1, 0.15) is 6.92 Å². The summed E-state index contributed by atoms with van der Waals surface area (Å²) in [6, 6.07) is 13.2. The van der Waals surface area contributed by atoms with Crippen LogP contribution >= 0.6 is 11.8 Å². The molecule has 0 aromatic heterocycles. The fourth-order valence-electron chi connectivity index (χ4n) is 2.82. The van der Waals surface area contributed by atoms with Crippen LogP contribution in [-0.2, 0) is 14.3 Å². The van der Waals surface area contributed by atoms with Gasteiger partial charge in [-0.15, -0.1) is 0 Å². The van der Waals surface area contributed by atoms with E-state index >= 15 is 0 Å². The number of ether oxygens (including phenoxy) is 2. The van der Waals surface area contributed by atoms with Crippen LogP contribution in [0.3, 0.4) is 0 Å². The molecule has 1 heterocycles. The van der Waals surface area contributed by atoms with E-state index in [1.807, 2.05) is 42.5 Å². The van der Waals surface area contributed by atoms with Crippen molar-refractivity contribution in [1.82, 2.24) is 4.90 Å². The van der Waals surface area contributed by atoms with E-state index in [0.717, 1.165) is 16.5 Å². The highest BCUT2D eigenvalue weighted by atomic mass is 32.2. The zero-order chi connectivity index (χ0) is 17.6. The van der Waals surface area contributed by atoms with Gasteiger partial charge < -0.3 is 14.4 Å². The zero-order valence-corrected chi connectivity index (χ0v) is 15.0. The first kappa shape index (κ1) is 17.6. The van der Waals surface area contributed by atoms with Crippen molar-refractivity contribution in [3.63, 3.8) is 0 Å². The average Bonchev–Trinajstić information content (AvgIpc) is 2.66. The molecule has 2 aromatic carbocycles. The second-order valence-corrected chi connectivity index (χ2v) is 6.88. The Morgan fingerprint density at radius 1 is 1.20 bits per heavy atom. The predicted molar refractivity (Wildman–Crippen MR) is 98.9 cm³/mol. The summed E-state index contributed by atoms with van der Waals surface area (Å²) >= 11 is 1.66. The van der Waals surface area contributed by atoms with Gasteiger partial charge in [0, 0.05) is 18.1 Å². The van der Waals surface area contributed by atoms with Crippen molar-refractivity contribution in [2.45, 2.75) is 13.0 Å². The monoisotopic (exact) mass is 359 g/mol. The van der Waals surface area contributed by atoms with Crippen molar-refractivity contribution in [3.8, 4) is 5.75 Å². The van der Waals surface area contributed by atoms with Crippen LogP contribution in [0.15, 0.2) is 42.5 Å². The average molecular weight is 359 g/mol. The van der Waals surface area contributed by atoms with Crippen LogP contribution < -0.4 is 4.74 Å². The molecule has 1 fully saturated rings. The SMILES string of the molecule is CCOC(=O)C1CSCCN1C(=O)COc1ccc2ccccc2c1. The molecule has 1 unspecified atom stereocenters. The lowest BCUT2D eigenvalue weighted by Gasteiger charge is -2.33. The summed E-state index contributed by atoms with van der Waals surface area (Å²) in [6.45, 7) is 2.53. The van der Waals surface area contributed by atoms with Crippen LogP contribution in [0, 0.1) is 0 Å². The van der Waals surface area contributed by atoms with Crippen LogP contribution in [0.4, 0.5) is 0 Å². The fraction of sp³-hybridized carbons (Fsp3) is 0.368. The normalized spacial score (nSPS) is 17.3. The second kappa shape index (κ2) is 8.25. The third kappa shape index (κ3) is 4.25. The molecule has 0 aliphatic carbocycles. The molecule has 1 aliphatic heterocycles. The smallest absolute Gasteiger partial charge is 0.329 e. The minimum absolute atomic E-state index is 0.0844. The molecule has 1 atom stereocenters. The topological polar surface area (TPSA) is 55.8 Å². The summed E-state index contributed by atoms with van der Waals surface area (Å²) < 4.78 is 10.8. The number of hydrogen-bond acceptors (Lipinski definition) is 5. The molecule has 0 bridgehead atoms. The van der Waals surface area contributed by atoms with Gasteiger partial charge in [-0.2, -0.15) is 11.8 Å². The number of carbonyl (C=O) groups excluding carboxylic acids is 2. The predicted octanol–water partition coefficient (Wildman–Crippen LogP) is 2.73. The summed E-state index contributed by atoms with van der Waals surface area (Å²) in [5.41, 5.74) is 0. The van der Waals surface area contributed by atoms with Gasteiger partial charge in [-0.25, -0.2) is 4.79 Å². The highest BCUT2D eigenvalue weighted by molar-refractivity contribution is 7.99. The number of rotatable bonds is 5. The van der Waals surface area contributed by atoms with Gasteiger partial charge in [0.05, 0.1) is 6.61 Å². The van der Waals surface area contributed by atoms with E-state index in [2.05, 4.69) is 0 Å². The summed E-state index contributed by atoms with van der Waals surface area (Å²) in [6.07, 6.45) is 0. The first-order valence-electron chi connectivity index (χ1n) is 8.34. The molecule has 1 saturated heterocycles.